The molecule has 33 heavy (non-hydrogen) atoms. The number of fused-ring (bicyclic) bond motifs is 1. The number of rotatable bonds is 6. The Morgan fingerprint density at radius 3 is 2.27 bits per heavy atom. The molecule has 0 atom stereocenters. The number of nitrogens with zero attached hydrogens (tertiary/aromatic N) is 1. The van der Waals surface area contributed by atoms with E-state index in [4.69, 9.17) is 0 Å². The van der Waals surface area contributed by atoms with E-state index in [0.717, 1.165) is 27.7 Å². The molecule has 1 amide bonds. The summed E-state index contributed by atoms with van der Waals surface area (Å²) < 4.78 is 13.3. The Morgan fingerprint density at radius 1 is 0.939 bits per heavy atom. The van der Waals surface area contributed by atoms with Gasteiger partial charge in [0.1, 0.15) is 5.82 Å². The minimum atomic E-state index is -0.251. The fourth-order valence-electron chi connectivity index (χ4n) is 4.14. The van der Waals surface area contributed by atoms with Gasteiger partial charge in [-0.2, -0.15) is 0 Å². The fourth-order valence-corrected chi connectivity index (χ4v) is 4.14. The second kappa shape index (κ2) is 9.22. The maximum atomic E-state index is 13.7. The van der Waals surface area contributed by atoms with Crippen molar-refractivity contribution in [2.75, 3.05) is 6.54 Å². The highest BCUT2D eigenvalue weighted by Gasteiger charge is 2.20. The Kier molecular flexibility index (Phi) is 6.37. The van der Waals surface area contributed by atoms with Gasteiger partial charge >= 0.3 is 0 Å². The van der Waals surface area contributed by atoms with Crippen LogP contribution in [0.2, 0.25) is 0 Å². The number of hydrogen-bond acceptors (Lipinski definition) is 1. The second-order valence-corrected chi connectivity index (χ2v) is 9.77. The highest BCUT2D eigenvalue weighted by molar-refractivity contribution is 6.05. The van der Waals surface area contributed by atoms with Crippen molar-refractivity contribution in [1.82, 2.24) is 9.88 Å². The van der Waals surface area contributed by atoms with Crippen LogP contribution < -0.4 is 0 Å². The topological polar surface area (TPSA) is 36.1 Å². The summed E-state index contributed by atoms with van der Waals surface area (Å²) >= 11 is 0. The van der Waals surface area contributed by atoms with Crippen molar-refractivity contribution < 1.29 is 9.18 Å². The standard InChI is InChI=1S/C29H31FN2O/c1-20-18-23-6-5-7-26(27(23)31-20)28(33)32(17-16-21-10-14-25(30)15-11-21)19-22-8-12-24(13-9-22)29(2,3)4/h5-15,18,31H,16-17,19H2,1-4H3. The number of halogens is 1. The van der Waals surface area contributed by atoms with Gasteiger partial charge < -0.3 is 9.88 Å². The van der Waals surface area contributed by atoms with Crippen LogP contribution in [0, 0.1) is 12.7 Å². The maximum Gasteiger partial charge on any atom is 0.256 e. The molecule has 0 spiro atoms. The summed E-state index contributed by atoms with van der Waals surface area (Å²) in [6.45, 7) is 9.64. The lowest BCUT2D eigenvalue weighted by molar-refractivity contribution is 0.0747. The molecule has 0 aliphatic heterocycles. The van der Waals surface area contributed by atoms with Gasteiger partial charge in [-0.15, -0.1) is 0 Å². The lowest BCUT2D eigenvalue weighted by Gasteiger charge is -2.24. The van der Waals surface area contributed by atoms with Gasteiger partial charge in [-0.05, 0) is 59.7 Å². The molecule has 0 saturated carbocycles. The number of hydrogen-bond donors (Lipinski definition) is 1. The van der Waals surface area contributed by atoms with E-state index >= 15 is 0 Å². The molecule has 1 N–H and O–H groups in total. The number of carbonyl (C=O) groups excluding carboxylic acids is 1. The SMILES string of the molecule is Cc1cc2cccc(C(=O)N(CCc3ccc(F)cc3)Cc3ccc(C(C)(C)C)cc3)c2[nH]1. The molecule has 3 aromatic carbocycles. The fraction of sp³-hybridized carbons (Fsp3) is 0.276. The van der Waals surface area contributed by atoms with Gasteiger partial charge in [-0.25, -0.2) is 4.39 Å². The van der Waals surface area contributed by atoms with E-state index in [2.05, 4.69) is 56.1 Å². The van der Waals surface area contributed by atoms with Crippen LogP contribution in [0.1, 0.15) is 53.5 Å². The van der Waals surface area contributed by atoms with Crippen LogP contribution in [-0.4, -0.2) is 22.3 Å². The third-order valence-corrected chi connectivity index (χ3v) is 6.09. The Morgan fingerprint density at radius 2 is 1.61 bits per heavy atom. The smallest absolute Gasteiger partial charge is 0.256 e. The molecule has 0 fully saturated rings. The van der Waals surface area contributed by atoms with Crippen LogP contribution in [0.3, 0.4) is 0 Å². The number of aromatic nitrogens is 1. The van der Waals surface area contributed by atoms with E-state index < -0.39 is 0 Å². The summed E-state index contributed by atoms with van der Waals surface area (Å²) in [5.74, 6) is -0.260. The molecule has 1 heterocycles. The summed E-state index contributed by atoms with van der Waals surface area (Å²) in [6.07, 6.45) is 0.659. The quantitative estimate of drug-likeness (QED) is 0.350. The van der Waals surface area contributed by atoms with Crippen LogP contribution in [-0.2, 0) is 18.4 Å². The molecule has 0 unspecified atom stereocenters. The number of carbonyl (C=O) groups is 1. The number of benzene rings is 3. The van der Waals surface area contributed by atoms with Crippen LogP contribution in [0.5, 0.6) is 0 Å². The van der Waals surface area contributed by atoms with Crippen molar-refractivity contribution in [3.05, 3.63) is 107 Å². The lowest BCUT2D eigenvalue weighted by Crippen LogP contribution is -2.32. The Hall–Kier alpha value is -3.40. The number of nitrogens with one attached hydrogen (secondary N) is 1. The predicted octanol–water partition coefficient (Wildman–Crippen LogP) is 6.80. The van der Waals surface area contributed by atoms with Crippen molar-refractivity contribution in [2.24, 2.45) is 0 Å². The Bertz CT molecular complexity index is 1250. The molecule has 0 radical (unpaired) electrons. The van der Waals surface area contributed by atoms with Gasteiger partial charge in [0.15, 0.2) is 0 Å². The first kappa shape index (κ1) is 22.8. The maximum absolute atomic E-state index is 13.7. The number of amides is 1. The lowest BCUT2D eigenvalue weighted by atomic mass is 9.87. The zero-order valence-electron chi connectivity index (χ0n) is 19.8. The molecular formula is C29H31FN2O. The summed E-state index contributed by atoms with van der Waals surface area (Å²) in [7, 11) is 0. The van der Waals surface area contributed by atoms with E-state index in [9.17, 15) is 9.18 Å². The average molecular weight is 443 g/mol. The third kappa shape index (κ3) is 5.33. The first-order valence-electron chi connectivity index (χ1n) is 11.4. The third-order valence-electron chi connectivity index (χ3n) is 6.09. The number of aryl methyl sites for hydroxylation is 1. The highest BCUT2D eigenvalue weighted by atomic mass is 19.1. The first-order chi connectivity index (χ1) is 15.7. The van der Waals surface area contributed by atoms with E-state index in [-0.39, 0.29) is 17.1 Å². The molecular weight excluding hydrogens is 411 g/mol. The molecule has 0 saturated heterocycles. The van der Waals surface area contributed by atoms with Gasteiger partial charge in [-0.3, -0.25) is 4.79 Å². The minimum absolute atomic E-state index is 0.00976. The molecule has 3 nitrogen and oxygen atoms in total. The van der Waals surface area contributed by atoms with Gasteiger partial charge in [0, 0.05) is 24.2 Å². The summed E-state index contributed by atoms with van der Waals surface area (Å²) in [4.78, 5) is 19.0. The van der Waals surface area contributed by atoms with Crippen molar-refractivity contribution in [3.8, 4) is 0 Å². The van der Waals surface area contributed by atoms with Crippen molar-refractivity contribution in [1.29, 1.82) is 0 Å². The summed E-state index contributed by atoms with van der Waals surface area (Å²) in [5, 5.41) is 1.03. The zero-order valence-corrected chi connectivity index (χ0v) is 19.8. The van der Waals surface area contributed by atoms with E-state index in [1.54, 1.807) is 12.1 Å². The van der Waals surface area contributed by atoms with Gasteiger partial charge in [0.2, 0.25) is 0 Å². The predicted molar refractivity (Wildman–Crippen MR) is 133 cm³/mol. The van der Waals surface area contributed by atoms with Gasteiger partial charge in [0.25, 0.3) is 5.91 Å². The van der Waals surface area contributed by atoms with Crippen LogP contribution in [0.4, 0.5) is 4.39 Å². The summed E-state index contributed by atoms with van der Waals surface area (Å²) in [5.41, 5.74) is 6.01. The van der Waals surface area contributed by atoms with Gasteiger partial charge in [-0.1, -0.05) is 69.3 Å². The highest BCUT2D eigenvalue weighted by Crippen LogP contribution is 2.24. The number of H-pyrrole nitrogens is 1. The molecule has 0 aliphatic rings. The molecule has 0 bridgehead atoms. The monoisotopic (exact) mass is 442 g/mol. The minimum Gasteiger partial charge on any atom is -0.358 e. The van der Waals surface area contributed by atoms with Gasteiger partial charge in [0.05, 0.1) is 11.1 Å². The Balaban J connectivity index is 1.62. The van der Waals surface area contributed by atoms with Crippen LogP contribution in [0.25, 0.3) is 10.9 Å². The molecule has 1 aromatic heterocycles. The molecule has 4 aromatic rings. The zero-order chi connectivity index (χ0) is 23.6. The molecule has 170 valence electrons. The molecule has 4 heteroatoms. The van der Waals surface area contributed by atoms with E-state index in [1.165, 1.54) is 17.7 Å². The van der Waals surface area contributed by atoms with Crippen molar-refractivity contribution in [3.63, 3.8) is 0 Å². The van der Waals surface area contributed by atoms with E-state index in [1.807, 2.05) is 30.0 Å². The van der Waals surface area contributed by atoms with Crippen molar-refractivity contribution >= 4 is 16.8 Å². The number of para-hydroxylation sites is 1. The normalized spacial score (nSPS) is 11.7. The van der Waals surface area contributed by atoms with Crippen LogP contribution >= 0.6 is 0 Å². The average Bonchev–Trinajstić information content (AvgIpc) is 3.17. The summed E-state index contributed by atoms with van der Waals surface area (Å²) in [6, 6.07) is 22.9. The number of aromatic amines is 1. The Labute approximate surface area is 195 Å². The van der Waals surface area contributed by atoms with E-state index in [0.29, 0.717) is 25.1 Å². The van der Waals surface area contributed by atoms with Crippen molar-refractivity contribution in [2.45, 2.75) is 46.1 Å². The largest absolute Gasteiger partial charge is 0.358 e. The van der Waals surface area contributed by atoms with Crippen LogP contribution in [0.15, 0.2) is 72.8 Å². The first-order valence-corrected chi connectivity index (χ1v) is 11.4. The molecule has 0 aliphatic carbocycles. The molecule has 4 rings (SSSR count). The second-order valence-electron chi connectivity index (χ2n) is 9.77.